The van der Waals surface area contributed by atoms with E-state index in [1.165, 1.54) is 6.92 Å². The predicted octanol–water partition coefficient (Wildman–Crippen LogP) is 0.956. The molecule has 14 heavy (non-hydrogen) atoms. The average molecular weight is 191 g/mol. The fourth-order valence-electron chi connectivity index (χ4n) is 2.03. The molecule has 3 heteroatoms. The van der Waals surface area contributed by atoms with E-state index < -0.39 is 0 Å². The molecule has 1 heterocycles. The molecule has 0 unspecified atom stereocenters. The van der Waals surface area contributed by atoms with E-state index in [4.69, 9.17) is 5.11 Å². The van der Waals surface area contributed by atoms with Crippen LogP contribution in [0.3, 0.4) is 0 Å². The van der Waals surface area contributed by atoms with Crippen molar-refractivity contribution >= 4 is 11.6 Å². The maximum Gasteiger partial charge on any atom is 0.224 e. The first-order chi connectivity index (χ1) is 6.74. The van der Waals surface area contributed by atoms with Crippen molar-refractivity contribution in [1.82, 2.24) is 0 Å². The second-order valence-corrected chi connectivity index (χ2v) is 3.56. The van der Waals surface area contributed by atoms with Crippen LogP contribution in [0.15, 0.2) is 24.3 Å². The Morgan fingerprint density at radius 2 is 2.29 bits per heavy atom. The van der Waals surface area contributed by atoms with Crippen molar-refractivity contribution in [3.8, 4) is 0 Å². The Bertz CT molecular complexity index is 362. The molecule has 1 aromatic carbocycles. The maximum absolute atomic E-state index is 11.4. The number of hydrogen-bond acceptors (Lipinski definition) is 2. The van der Waals surface area contributed by atoms with Gasteiger partial charge in [0.1, 0.15) is 0 Å². The highest BCUT2D eigenvalue weighted by Gasteiger charge is 2.30. The molecule has 0 saturated carbocycles. The van der Waals surface area contributed by atoms with Crippen LogP contribution in [0.25, 0.3) is 0 Å². The Kier molecular flexibility index (Phi) is 2.25. The summed E-state index contributed by atoms with van der Waals surface area (Å²) in [6.07, 6.45) is 0.756. The molecule has 1 amide bonds. The number of nitrogens with zero attached hydrogens (tertiary/aromatic N) is 1. The Morgan fingerprint density at radius 3 is 2.93 bits per heavy atom. The maximum atomic E-state index is 11.4. The van der Waals surface area contributed by atoms with Gasteiger partial charge in [-0.25, -0.2) is 0 Å². The lowest BCUT2D eigenvalue weighted by molar-refractivity contribution is -0.117. The Hall–Kier alpha value is -1.35. The molecule has 2 rings (SSSR count). The van der Waals surface area contributed by atoms with Gasteiger partial charge < -0.3 is 10.0 Å². The number of rotatable bonds is 1. The number of carbonyl (C=O) groups excluding carboxylic acids is 1. The van der Waals surface area contributed by atoms with Crippen molar-refractivity contribution < 1.29 is 9.90 Å². The predicted molar refractivity (Wildman–Crippen MR) is 54.2 cm³/mol. The fraction of sp³-hybridized carbons (Fsp3) is 0.364. The van der Waals surface area contributed by atoms with E-state index in [0.29, 0.717) is 0 Å². The summed E-state index contributed by atoms with van der Waals surface area (Å²) in [6.45, 7) is 1.55. The molecular formula is C11H13NO2. The number of fused-ring (bicyclic) bond motifs is 1. The third kappa shape index (κ3) is 1.30. The first-order valence-corrected chi connectivity index (χ1v) is 4.72. The topological polar surface area (TPSA) is 40.5 Å². The highest BCUT2D eigenvalue weighted by atomic mass is 16.3. The molecule has 1 N–H and O–H groups in total. The van der Waals surface area contributed by atoms with E-state index in [2.05, 4.69) is 0 Å². The number of hydrogen-bond donors (Lipinski definition) is 1. The SMILES string of the molecule is CC(=O)N1c2ccccc2C[C@H]1CO. The molecule has 0 fully saturated rings. The van der Waals surface area contributed by atoms with E-state index in [1.807, 2.05) is 24.3 Å². The van der Waals surface area contributed by atoms with Gasteiger partial charge in [-0.05, 0) is 18.1 Å². The number of aliphatic hydroxyl groups is 1. The van der Waals surface area contributed by atoms with Crippen LogP contribution in [-0.4, -0.2) is 23.7 Å². The first-order valence-electron chi connectivity index (χ1n) is 4.72. The number of benzene rings is 1. The molecule has 1 atom stereocenters. The van der Waals surface area contributed by atoms with Crippen molar-refractivity contribution in [3.05, 3.63) is 29.8 Å². The van der Waals surface area contributed by atoms with Gasteiger partial charge >= 0.3 is 0 Å². The lowest BCUT2D eigenvalue weighted by atomic mass is 10.1. The summed E-state index contributed by atoms with van der Waals surface area (Å²) in [5.41, 5.74) is 2.08. The van der Waals surface area contributed by atoms with Gasteiger partial charge in [0.2, 0.25) is 5.91 Å². The van der Waals surface area contributed by atoms with Gasteiger partial charge in [-0.1, -0.05) is 18.2 Å². The summed E-state index contributed by atoms with van der Waals surface area (Å²) in [4.78, 5) is 13.1. The summed E-state index contributed by atoms with van der Waals surface area (Å²) in [5, 5.41) is 9.16. The quantitative estimate of drug-likeness (QED) is 0.718. The van der Waals surface area contributed by atoms with E-state index >= 15 is 0 Å². The van der Waals surface area contributed by atoms with Crippen LogP contribution < -0.4 is 4.90 Å². The monoisotopic (exact) mass is 191 g/mol. The molecule has 0 aromatic heterocycles. The van der Waals surface area contributed by atoms with Crippen molar-refractivity contribution in [2.24, 2.45) is 0 Å². The normalized spacial score (nSPS) is 19.6. The zero-order valence-electron chi connectivity index (χ0n) is 8.10. The summed E-state index contributed by atoms with van der Waals surface area (Å²) in [5.74, 6) is -0.00556. The van der Waals surface area contributed by atoms with E-state index in [9.17, 15) is 4.79 Å². The molecule has 1 aliphatic rings. The molecule has 0 bridgehead atoms. The number of para-hydroxylation sites is 1. The molecule has 0 aliphatic carbocycles. The highest BCUT2D eigenvalue weighted by Crippen LogP contribution is 2.31. The third-order valence-electron chi connectivity index (χ3n) is 2.62. The molecule has 1 aliphatic heterocycles. The third-order valence-corrected chi connectivity index (χ3v) is 2.62. The van der Waals surface area contributed by atoms with Gasteiger partial charge in [-0.3, -0.25) is 4.79 Å². The lowest BCUT2D eigenvalue weighted by Gasteiger charge is -2.22. The Labute approximate surface area is 83.0 Å². The summed E-state index contributed by atoms with van der Waals surface area (Å²) in [6, 6.07) is 7.71. The van der Waals surface area contributed by atoms with E-state index in [1.54, 1.807) is 4.90 Å². The number of amides is 1. The van der Waals surface area contributed by atoms with Crippen molar-refractivity contribution in [1.29, 1.82) is 0 Å². The second-order valence-electron chi connectivity index (χ2n) is 3.56. The van der Waals surface area contributed by atoms with Crippen molar-refractivity contribution in [2.45, 2.75) is 19.4 Å². The van der Waals surface area contributed by atoms with E-state index in [-0.39, 0.29) is 18.6 Å². The highest BCUT2D eigenvalue weighted by molar-refractivity contribution is 5.94. The van der Waals surface area contributed by atoms with Crippen molar-refractivity contribution in [3.63, 3.8) is 0 Å². The number of anilines is 1. The van der Waals surface area contributed by atoms with Crippen LogP contribution in [-0.2, 0) is 11.2 Å². The minimum Gasteiger partial charge on any atom is -0.394 e. The number of aliphatic hydroxyl groups excluding tert-OH is 1. The van der Waals surface area contributed by atoms with Crippen LogP contribution in [0.2, 0.25) is 0 Å². The standard InChI is InChI=1S/C11H13NO2/c1-8(14)12-10(7-13)6-9-4-2-3-5-11(9)12/h2-5,10,13H,6-7H2,1H3/t10-/m0/s1. The molecule has 0 radical (unpaired) electrons. The molecule has 74 valence electrons. The van der Waals surface area contributed by atoms with Crippen LogP contribution in [0.4, 0.5) is 5.69 Å². The van der Waals surface area contributed by atoms with Gasteiger partial charge in [0, 0.05) is 12.6 Å². The van der Waals surface area contributed by atoms with Gasteiger partial charge in [0.15, 0.2) is 0 Å². The van der Waals surface area contributed by atoms with Gasteiger partial charge in [-0.15, -0.1) is 0 Å². The average Bonchev–Trinajstić information content (AvgIpc) is 2.55. The largest absolute Gasteiger partial charge is 0.394 e. The molecule has 0 saturated heterocycles. The smallest absolute Gasteiger partial charge is 0.224 e. The van der Waals surface area contributed by atoms with E-state index in [0.717, 1.165) is 17.7 Å². The minimum atomic E-state index is -0.0788. The zero-order chi connectivity index (χ0) is 10.1. The first kappa shape index (κ1) is 9.21. The second kappa shape index (κ2) is 3.42. The van der Waals surface area contributed by atoms with Crippen LogP contribution in [0.5, 0.6) is 0 Å². The molecule has 0 spiro atoms. The van der Waals surface area contributed by atoms with Crippen LogP contribution in [0, 0.1) is 0 Å². The van der Waals surface area contributed by atoms with Gasteiger partial charge in [-0.2, -0.15) is 0 Å². The fourth-order valence-corrected chi connectivity index (χ4v) is 2.03. The Balaban J connectivity index is 2.42. The molecular weight excluding hydrogens is 178 g/mol. The molecule has 3 nitrogen and oxygen atoms in total. The Morgan fingerprint density at radius 1 is 1.57 bits per heavy atom. The number of carbonyl (C=O) groups is 1. The van der Waals surface area contributed by atoms with Gasteiger partial charge in [0.25, 0.3) is 0 Å². The van der Waals surface area contributed by atoms with Crippen molar-refractivity contribution in [2.75, 3.05) is 11.5 Å². The van der Waals surface area contributed by atoms with Crippen LogP contribution >= 0.6 is 0 Å². The summed E-state index contributed by atoms with van der Waals surface area (Å²) in [7, 11) is 0. The minimum absolute atomic E-state index is 0.00556. The summed E-state index contributed by atoms with van der Waals surface area (Å²) < 4.78 is 0. The van der Waals surface area contributed by atoms with Crippen LogP contribution in [0.1, 0.15) is 12.5 Å². The zero-order valence-corrected chi connectivity index (χ0v) is 8.10. The van der Waals surface area contributed by atoms with Gasteiger partial charge in [0.05, 0.1) is 12.6 Å². The summed E-state index contributed by atoms with van der Waals surface area (Å²) >= 11 is 0. The molecule has 1 aromatic rings. The lowest BCUT2D eigenvalue weighted by Crippen LogP contribution is -2.38.